The summed E-state index contributed by atoms with van der Waals surface area (Å²) in [6, 6.07) is 7.70. The SMILES string of the molecule is Cc1c(-c2nc(C3CNCCN3C)no2)cnn1-c1ccccc1Cl. The van der Waals surface area contributed by atoms with Crippen molar-refractivity contribution in [1.29, 1.82) is 0 Å². The lowest BCUT2D eigenvalue weighted by Gasteiger charge is -2.30. The molecule has 3 aromatic rings. The zero-order chi connectivity index (χ0) is 17.4. The minimum atomic E-state index is 0.116. The fourth-order valence-corrected chi connectivity index (χ4v) is 3.28. The number of nitrogens with zero attached hydrogens (tertiary/aromatic N) is 5. The monoisotopic (exact) mass is 358 g/mol. The molecular formula is C17H19ClN6O. The fraction of sp³-hybridized carbons (Fsp3) is 0.353. The van der Waals surface area contributed by atoms with Crippen LogP contribution in [-0.2, 0) is 0 Å². The maximum absolute atomic E-state index is 6.28. The van der Waals surface area contributed by atoms with Crippen LogP contribution in [0.1, 0.15) is 17.6 Å². The standard InChI is InChI=1S/C17H19ClN6O/c1-11-12(9-20-24(11)14-6-4-3-5-13(14)18)17-21-16(22-25-17)15-10-19-7-8-23(15)2/h3-6,9,15,19H,7-8,10H2,1-2H3. The lowest BCUT2D eigenvalue weighted by Crippen LogP contribution is -2.44. The maximum atomic E-state index is 6.28. The van der Waals surface area contributed by atoms with Crippen LogP contribution in [-0.4, -0.2) is 51.5 Å². The summed E-state index contributed by atoms with van der Waals surface area (Å²) in [5.41, 5.74) is 2.53. The van der Waals surface area contributed by atoms with Crippen molar-refractivity contribution in [3.05, 3.63) is 47.0 Å². The van der Waals surface area contributed by atoms with Gasteiger partial charge in [0.2, 0.25) is 0 Å². The smallest absolute Gasteiger partial charge is 0.261 e. The van der Waals surface area contributed by atoms with Crippen LogP contribution in [0.25, 0.3) is 17.1 Å². The molecule has 0 saturated carbocycles. The van der Waals surface area contributed by atoms with Crippen molar-refractivity contribution in [3.8, 4) is 17.1 Å². The lowest BCUT2D eigenvalue weighted by atomic mass is 10.2. The Morgan fingerprint density at radius 2 is 2.16 bits per heavy atom. The molecule has 0 radical (unpaired) electrons. The number of halogens is 1. The van der Waals surface area contributed by atoms with Gasteiger partial charge in [-0.1, -0.05) is 28.9 Å². The first-order valence-corrected chi connectivity index (χ1v) is 8.57. The van der Waals surface area contributed by atoms with Crippen LogP contribution in [0.3, 0.4) is 0 Å². The van der Waals surface area contributed by atoms with Crippen molar-refractivity contribution in [3.63, 3.8) is 0 Å². The molecule has 7 nitrogen and oxygen atoms in total. The number of hydrogen-bond acceptors (Lipinski definition) is 6. The van der Waals surface area contributed by atoms with E-state index in [-0.39, 0.29) is 6.04 Å². The van der Waals surface area contributed by atoms with E-state index in [2.05, 4.69) is 32.5 Å². The van der Waals surface area contributed by atoms with Gasteiger partial charge in [0.1, 0.15) is 0 Å². The third kappa shape index (κ3) is 2.95. The molecule has 1 atom stereocenters. The van der Waals surface area contributed by atoms with Crippen LogP contribution >= 0.6 is 11.6 Å². The second-order valence-electron chi connectivity index (χ2n) is 6.17. The van der Waals surface area contributed by atoms with E-state index in [0.717, 1.165) is 36.6 Å². The molecule has 2 aromatic heterocycles. The average Bonchev–Trinajstić information content (AvgIpc) is 3.23. The van der Waals surface area contributed by atoms with Gasteiger partial charge in [0.25, 0.3) is 5.89 Å². The number of rotatable bonds is 3. The highest BCUT2D eigenvalue weighted by atomic mass is 35.5. The molecule has 1 N–H and O–H groups in total. The molecule has 0 amide bonds. The molecule has 1 aromatic carbocycles. The van der Waals surface area contributed by atoms with E-state index in [1.54, 1.807) is 10.9 Å². The normalized spacial score (nSPS) is 18.6. The maximum Gasteiger partial charge on any atom is 0.261 e. The number of nitrogens with one attached hydrogen (secondary N) is 1. The van der Waals surface area contributed by atoms with Gasteiger partial charge in [0.05, 0.1) is 34.2 Å². The molecule has 25 heavy (non-hydrogen) atoms. The zero-order valence-electron chi connectivity index (χ0n) is 14.1. The van der Waals surface area contributed by atoms with Gasteiger partial charge in [0, 0.05) is 19.6 Å². The minimum absolute atomic E-state index is 0.116. The third-order valence-corrected chi connectivity index (χ3v) is 4.89. The van der Waals surface area contributed by atoms with Gasteiger partial charge in [-0.2, -0.15) is 10.1 Å². The average molecular weight is 359 g/mol. The number of hydrogen-bond donors (Lipinski definition) is 1. The fourth-order valence-electron chi connectivity index (χ4n) is 3.06. The second-order valence-corrected chi connectivity index (χ2v) is 6.57. The summed E-state index contributed by atoms with van der Waals surface area (Å²) < 4.78 is 7.30. The molecule has 0 aliphatic carbocycles. The van der Waals surface area contributed by atoms with Gasteiger partial charge in [-0.3, -0.25) is 4.90 Å². The lowest BCUT2D eigenvalue weighted by molar-refractivity contribution is 0.190. The number of likely N-dealkylation sites (N-methyl/N-ethyl adjacent to an activating group) is 1. The van der Waals surface area contributed by atoms with E-state index >= 15 is 0 Å². The Labute approximate surface area is 150 Å². The highest BCUT2D eigenvalue weighted by Crippen LogP contribution is 2.28. The Hall–Kier alpha value is -2.22. The van der Waals surface area contributed by atoms with Gasteiger partial charge in [-0.25, -0.2) is 4.68 Å². The summed E-state index contributed by atoms with van der Waals surface area (Å²) in [5, 5.41) is 12.6. The molecule has 1 aliphatic heterocycles. The molecule has 1 unspecified atom stereocenters. The molecule has 130 valence electrons. The largest absolute Gasteiger partial charge is 0.334 e. The van der Waals surface area contributed by atoms with Crippen molar-refractivity contribution in [2.24, 2.45) is 0 Å². The summed E-state index contributed by atoms with van der Waals surface area (Å²) in [5.74, 6) is 1.17. The second kappa shape index (κ2) is 6.59. The Morgan fingerprint density at radius 1 is 1.32 bits per heavy atom. The molecule has 8 heteroatoms. The molecular weight excluding hydrogens is 340 g/mol. The Kier molecular flexibility index (Phi) is 4.29. The predicted octanol–water partition coefficient (Wildman–Crippen LogP) is 2.46. The van der Waals surface area contributed by atoms with E-state index in [9.17, 15) is 0 Å². The Bertz CT molecular complexity index is 889. The minimum Gasteiger partial charge on any atom is -0.334 e. The zero-order valence-corrected chi connectivity index (χ0v) is 14.9. The van der Waals surface area contributed by atoms with Crippen molar-refractivity contribution >= 4 is 11.6 Å². The van der Waals surface area contributed by atoms with Gasteiger partial charge >= 0.3 is 0 Å². The summed E-state index contributed by atoms with van der Waals surface area (Å²) >= 11 is 6.28. The van der Waals surface area contributed by atoms with Crippen LogP contribution in [0.15, 0.2) is 35.0 Å². The van der Waals surface area contributed by atoms with E-state index in [1.165, 1.54) is 0 Å². The molecule has 4 rings (SSSR count). The van der Waals surface area contributed by atoms with Gasteiger partial charge in [0.15, 0.2) is 5.82 Å². The molecule has 3 heterocycles. The first-order chi connectivity index (χ1) is 12.1. The molecule has 0 spiro atoms. The van der Waals surface area contributed by atoms with E-state index < -0.39 is 0 Å². The Balaban J connectivity index is 1.67. The highest BCUT2D eigenvalue weighted by molar-refractivity contribution is 6.32. The Morgan fingerprint density at radius 3 is 2.96 bits per heavy atom. The van der Waals surface area contributed by atoms with Gasteiger partial charge in [-0.15, -0.1) is 0 Å². The predicted molar refractivity (Wildman–Crippen MR) is 94.8 cm³/mol. The number of para-hydroxylation sites is 1. The van der Waals surface area contributed by atoms with E-state index in [0.29, 0.717) is 16.7 Å². The van der Waals surface area contributed by atoms with Crippen LogP contribution in [0, 0.1) is 6.92 Å². The van der Waals surface area contributed by atoms with Crippen LogP contribution in [0.2, 0.25) is 5.02 Å². The van der Waals surface area contributed by atoms with Crippen LogP contribution in [0.5, 0.6) is 0 Å². The van der Waals surface area contributed by atoms with Crippen molar-refractivity contribution in [1.82, 2.24) is 30.1 Å². The summed E-state index contributed by atoms with van der Waals surface area (Å²) in [6.07, 6.45) is 1.73. The van der Waals surface area contributed by atoms with Crippen molar-refractivity contribution < 1.29 is 4.52 Å². The molecule has 1 fully saturated rings. The third-order valence-electron chi connectivity index (χ3n) is 4.57. The number of benzene rings is 1. The molecule has 0 bridgehead atoms. The van der Waals surface area contributed by atoms with E-state index in [1.807, 2.05) is 31.2 Å². The van der Waals surface area contributed by atoms with Crippen molar-refractivity contribution in [2.75, 3.05) is 26.7 Å². The summed E-state index contributed by atoms with van der Waals surface area (Å²) in [6.45, 7) is 4.70. The van der Waals surface area contributed by atoms with Crippen molar-refractivity contribution in [2.45, 2.75) is 13.0 Å². The van der Waals surface area contributed by atoms with Crippen LogP contribution < -0.4 is 5.32 Å². The topological polar surface area (TPSA) is 72.0 Å². The molecule has 1 aliphatic rings. The van der Waals surface area contributed by atoms with Crippen LogP contribution in [0.4, 0.5) is 0 Å². The first-order valence-electron chi connectivity index (χ1n) is 8.19. The highest BCUT2D eigenvalue weighted by Gasteiger charge is 2.26. The first kappa shape index (κ1) is 16.3. The van der Waals surface area contributed by atoms with Gasteiger partial charge < -0.3 is 9.84 Å². The number of aromatic nitrogens is 4. The summed E-state index contributed by atoms with van der Waals surface area (Å²) in [4.78, 5) is 6.83. The quantitative estimate of drug-likeness (QED) is 0.775. The number of piperazine rings is 1. The van der Waals surface area contributed by atoms with E-state index in [4.69, 9.17) is 16.1 Å². The van der Waals surface area contributed by atoms with Gasteiger partial charge in [-0.05, 0) is 26.1 Å². The summed E-state index contributed by atoms with van der Waals surface area (Å²) in [7, 11) is 2.07. The molecule has 1 saturated heterocycles.